The minimum absolute atomic E-state index is 0.231. The van der Waals surface area contributed by atoms with Gasteiger partial charge in [0.1, 0.15) is 5.84 Å². The minimum atomic E-state index is 0.231. The van der Waals surface area contributed by atoms with E-state index in [4.69, 9.17) is 14.9 Å². The molecule has 30 heavy (non-hydrogen) atoms. The highest BCUT2D eigenvalue weighted by Crippen LogP contribution is 2.33. The van der Waals surface area contributed by atoms with Crippen molar-refractivity contribution in [3.05, 3.63) is 95.6 Å². The summed E-state index contributed by atoms with van der Waals surface area (Å²) in [5.41, 5.74) is 3.49. The van der Waals surface area contributed by atoms with E-state index in [1.54, 1.807) is 0 Å². The normalized spacial score (nSPS) is 16.1. The third-order valence-corrected chi connectivity index (χ3v) is 5.87. The van der Waals surface area contributed by atoms with Gasteiger partial charge in [0, 0.05) is 31.7 Å². The molecule has 0 bridgehead atoms. The summed E-state index contributed by atoms with van der Waals surface area (Å²) in [7, 11) is 0. The number of ether oxygens (including phenoxy) is 2. The number of nitrogens with one attached hydrogen (secondary N) is 1. The number of nitrogens with zero attached hydrogens (tertiary/aromatic N) is 2. The predicted octanol–water partition coefficient (Wildman–Crippen LogP) is 4.15. The van der Waals surface area contributed by atoms with E-state index in [0.29, 0.717) is 5.84 Å². The number of amidine groups is 1. The molecular formula is C25H25N3O2. The fourth-order valence-electron chi connectivity index (χ4n) is 4.31. The first-order valence-electron chi connectivity index (χ1n) is 10.4. The zero-order valence-electron chi connectivity index (χ0n) is 16.8. The van der Waals surface area contributed by atoms with Gasteiger partial charge in [0.15, 0.2) is 11.5 Å². The quantitative estimate of drug-likeness (QED) is 0.529. The zero-order valence-corrected chi connectivity index (χ0v) is 16.8. The topological polar surface area (TPSA) is 48.8 Å². The summed E-state index contributed by atoms with van der Waals surface area (Å²) in [6.45, 7) is 3.71. The van der Waals surface area contributed by atoms with Crippen molar-refractivity contribution < 1.29 is 9.47 Å². The zero-order chi connectivity index (χ0) is 20.3. The molecule has 2 aliphatic heterocycles. The maximum Gasteiger partial charge on any atom is 0.231 e. The lowest BCUT2D eigenvalue weighted by Gasteiger charge is -2.40. The summed E-state index contributed by atoms with van der Waals surface area (Å²) in [4.78, 5) is 4.68. The second-order valence-electron chi connectivity index (χ2n) is 7.66. The average Bonchev–Trinajstić information content (AvgIpc) is 3.29. The molecular weight excluding hydrogens is 374 g/mol. The monoisotopic (exact) mass is 399 g/mol. The van der Waals surface area contributed by atoms with Gasteiger partial charge in [-0.2, -0.15) is 0 Å². The van der Waals surface area contributed by atoms with Crippen molar-refractivity contribution in [1.82, 2.24) is 9.80 Å². The Bertz CT molecular complexity index is 976. The molecule has 5 heteroatoms. The molecule has 0 atom stereocenters. The number of hydrogen-bond acceptors (Lipinski definition) is 4. The van der Waals surface area contributed by atoms with E-state index < -0.39 is 0 Å². The molecule has 0 spiro atoms. The van der Waals surface area contributed by atoms with Gasteiger partial charge in [0.05, 0.1) is 6.04 Å². The Labute approximate surface area is 177 Å². The molecule has 5 rings (SSSR count). The fraction of sp³-hybridized carbons (Fsp3) is 0.240. The van der Waals surface area contributed by atoms with Gasteiger partial charge in [-0.1, -0.05) is 60.7 Å². The van der Waals surface area contributed by atoms with Crippen LogP contribution in [-0.4, -0.2) is 48.6 Å². The van der Waals surface area contributed by atoms with Gasteiger partial charge in [-0.15, -0.1) is 0 Å². The van der Waals surface area contributed by atoms with Crippen LogP contribution in [0.15, 0.2) is 78.9 Å². The summed E-state index contributed by atoms with van der Waals surface area (Å²) < 4.78 is 10.9. The Morgan fingerprint density at radius 2 is 1.33 bits per heavy atom. The molecule has 0 saturated carbocycles. The molecule has 0 amide bonds. The summed E-state index contributed by atoms with van der Waals surface area (Å²) in [6, 6.07) is 27.4. The highest BCUT2D eigenvalue weighted by Gasteiger charge is 2.28. The lowest BCUT2D eigenvalue weighted by atomic mass is 9.96. The van der Waals surface area contributed by atoms with Crippen molar-refractivity contribution in [2.24, 2.45) is 0 Å². The van der Waals surface area contributed by atoms with Gasteiger partial charge in [-0.3, -0.25) is 10.3 Å². The second-order valence-corrected chi connectivity index (χ2v) is 7.66. The number of fused-ring (bicyclic) bond motifs is 1. The van der Waals surface area contributed by atoms with Crippen LogP contribution in [0.5, 0.6) is 11.5 Å². The summed E-state index contributed by atoms with van der Waals surface area (Å²) in [5.74, 6) is 2.03. The van der Waals surface area contributed by atoms with Crippen molar-refractivity contribution in [3.63, 3.8) is 0 Å². The van der Waals surface area contributed by atoms with Gasteiger partial charge in [0.25, 0.3) is 0 Å². The molecule has 1 saturated heterocycles. The molecule has 0 aliphatic carbocycles. The van der Waals surface area contributed by atoms with E-state index in [0.717, 1.165) is 43.2 Å². The van der Waals surface area contributed by atoms with E-state index in [1.165, 1.54) is 11.1 Å². The van der Waals surface area contributed by atoms with Crippen LogP contribution in [0.2, 0.25) is 0 Å². The Hall–Kier alpha value is -3.31. The van der Waals surface area contributed by atoms with Crippen LogP contribution in [0.1, 0.15) is 22.7 Å². The fourth-order valence-corrected chi connectivity index (χ4v) is 4.31. The molecule has 3 aromatic rings. The van der Waals surface area contributed by atoms with Gasteiger partial charge in [-0.05, 0) is 29.3 Å². The van der Waals surface area contributed by atoms with Crippen LogP contribution in [-0.2, 0) is 0 Å². The van der Waals surface area contributed by atoms with E-state index >= 15 is 0 Å². The van der Waals surface area contributed by atoms with E-state index in [2.05, 4.69) is 70.5 Å². The molecule has 152 valence electrons. The van der Waals surface area contributed by atoms with Crippen LogP contribution in [0, 0.1) is 5.41 Å². The number of hydrogen-bond donors (Lipinski definition) is 1. The molecule has 1 fully saturated rings. The van der Waals surface area contributed by atoms with Crippen LogP contribution >= 0.6 is 0 Å². The van der Waals surface area contributed by atoms with Crippen LogP contribution in [0.4, 0.5) is 0 Å². The third-order valence-electron chi connectivity index (χ3n) is 5.87. The lowest BCUT2D eigenvalue weighted by molar-refractivity contribution is 0.150. The molecule has 1 N–H and O–H groups in total. The minimum Gasteiger partial charge on any atom is -0.454 e. The maximum absolute atomic E-state index is 8.70. The first kappa shape index (κ1) is 18.7. The Kier molecular flexibility index (Phi) is 5.11. The first-order valence-corrected chi connectivity index (χ1v) is 10.4. The van der Waals surface area contributed by atoms with Crippen LogP contribution in [0.25, 0.3) is 0 Å². The molecule has 2 aliphatic rings. The van der Waals surface area contributed by atoms with E-state index in [1.807, 2.05) is 18.2 Å². The number of benzene rings is 3. The van der Waals surface area contributed by atoms with E-state index in [9.17, 15) is 0 Å². The Morgan fingerprint density at radius 1 is 0.733 bits per heavy atom. The van der Waals surface area contributed by atoms with Crippen molar-refractivity contribution in [3.8, 4) is 11.5 Å². The summed E-state index contributed by atoms with van der Waals surface area (Å²) in [6.07, 6.45) is 0. The average molecular weight is 399 g/mol. The van der Waals surface area contributed by atoms with Crippen molar-refractivity contribution in [2.75, 3.05) is 33.0 Å². The van der Waals surface area contributed by atoms with Crippen molar-refractivity contribution in [1.29, 1.82) is 5.41 Å². The number of rotatable bonds is 4. The van der Waals surface area contributed by atoms with Crippen LogP contribution < -0.4 is 9.47 Å². The smallest absolute Gasteiger partial charge is 0.231 e. The largest absolute Gasteiger partial charge is 0.454 e. The van der Waals surface area contributed by atoms with Gasteiger partial charge < -0.3 is 14.4 Å². The molecule has 2 heterocycles. The van der Waals surface area contributed by atoms with Gasteiger partial charge >= 0.3 is 0 Å². The van der Waals surface area contributed by atoms with Crippen molar-refractivity contribution >= 4 is 5.84 Å². The predicted molar refractivity (Wildman–Crippen MR) is 117 cm³/mol. The van der Waals surface area contributed by atoms with Crippen LogP contribution in [0.3, 0.4) is 0 Å². The SMILES string of the molecule is N=C(c1ccc2c(c1)OCO2)N1CCN(C(c2ccccc2)c2ccccc2)CC1. The van der Waals surface area contributed by atoms with Crippen molar-refractivity contribution in [2.45, 2.75) is 6.04 Å². The molecule has 3 aromatic carbocycles. The Morgan fingerprint density at radius 3 is 1.97 bits per heavy atom. The van der Waals surface area contributed by atoms with Gasteiger partial charge in [-0.25, -0.2) is 0 Å². The highest BCUT2D eigenvalue weighted by molar-refractivity contribution is 5.97. The molecule has 0 unspecified atom stereocenters. The van der Waals surface area contributed by atoms with E-state index in [-0.39, 0.29) is 12.8 Å². The molecule has 0 aromatic heterocycles. The second kappa shape index (κ2) is 8.20. The first-order chi connectivity index (χ1) is 14.8. The summed E-state index contributed by atoms with van der Waals surface area (Å²) in [5, 5.41) is 8.70. The Balaban J connectivity index is 1.32. The third kappa shape index (κ3) is 3.64. The molecule has 5 nitrogen and oxygen atoms in total. The highest BCUT2D eigenvalue weighted by atomic mass is 16.7. The summed E-state index contributed by atoms with van der Waals surface area (Å²) >= 11 is 0. The maximum atomic E-state index is 8.70. The lowest BCUT2D eigenvalue weighted by Crippen LogP contribution is -2.49. The standard InChI is InChI=1S/C25H25N3O2/c26-25(21-11-12-22-23(17-21)30-18-29-22)28-15-13-27(14-16-28)24(19-7-3-1-4-8-19)20-9-5-2-6-10-20/h1-12,17,24,26H,13-16,18H2. The number of piperazine rings is 1. The molecule has 0 radical (unpaired) electrons. The van der Waals surface area contributed by atoms with Gasteiger partial charge in [0.2, 0.25) is 6.79 Å².